The summed E-state index contributed by atoms with van der Waals surface area (Å²) in [7, 11) is 0. The first kappa shape index (κ1) is 19.9. The first-order valence-corrected chi connectivity index (χ1v) is 10.3. The zero-order valence-electron chi connectivity index (χ0n) is 16.2. The van der Waals surface area contributed by atoms with Crippen molar-refractivity contribution in [2.45, 2.75) is 70.5 Å². The first-order valence-electron chi connectivity index (χ1n) is 10.3. The third kappa shape index (κ3) is 5.32. The lowest BCUT2D eigenvalue weighted by Crippen LogP contribution is -2.28. The Morgan fingerprint density at radius 3 is 2.74 bits per heavy atom. The molecule has 0 saturated carbocycles. The standard InChI is InChI=1S/C22H31NO4/c1-2-3-4-5-14-26-23-15-19-18(20-12-13-21(19)27-20)11-8-16-6-9-17(10-7-16)22(24)25/h6-7,9-10,15,18-21H,2-5,8,11-14H2,1H3,(H,24,25)/t18-,19-,20-,21+/m0/s1. The highest BCUT2D eigenvalue weighted by molar-refractivity contribution is 5.87. The minimum atomic E-state index is -0.881. The van der Waals surface area contributed by atoms with Gasteiger partial charge in [-0.1, -0.05) is 37.1 Å². The average Bonchev–Trinajstić information content (AvgIpc) is 3.28. The van der Waals surface area contributed by atoms with Gasteiger partial charge in [-0.3, -0.25) is 0 Å². The largest absolute Gasteiger partial charge is 0.478 e. The van der Waals surface area contributed by atoms with Crippen LogP contribution in [0.25, 0.3) is 0 Å². The number of aryl methyl sites for hydroxylation is 1. The van der Waals surface area contributed by atoms with Crippen LogP contribution in [0.15, 0.2) is 29.4 Å². The molecule has 2 heterocycles. The Bertz CT molecular complexity index is 628. The number of ether oxygens (including phenoxy) is 1. The summed E-state index contributed by atoms with van der Waals surface area (Å²) in [4.78, 5) is 16.4. The monoisotopic (exact) mass is 373 g/mol. The van der Waals surface area contributed by atoms with Gasteiger partial charge < -0.3 is 14.7 Å². The van der Waals surface area contributed by atoms with E-state index in [4.69, 9.17) is 14.7 Å². The smallest absolute Gasteiger partial charge is 0.335 e. The van der Waals surface area contributed by atoms with Crippen LogP contribution in [-0.2, 0) is 16.0 Å². The van der Waals surface area contributed by atoms with E-state index in [2.05, 4.69) is 12.1 Å². The first-order chi connectivity index (χ1) is 13.2. The maximum atomic E-state index is 11.0. The van der Waals surface area contributed by atoms with Gasteiger partial charge in [-0.15, -0.1) is 0 Å². The summed E-state index contributed by atoms with van der Waals surface area (Å²) in [5, 5.41) is 13.2. The Hall–Kier alpha value is -1.88. The minimum Gasteiger partial charge on any atom is -0.478 e. The Morgan fingerprint density at radius 1 is 1.22 bits per heavy atom. The molecule has 2 aliphatic rings. The number of carboxylic acid groups (broad SMARTS) is 1. The molecule has 0 aliphatic carbocycles. The lowest BCUT2D eigenvalue weighted by Gasteiger charge is -2.24. The molecule has 2 bridgehead atoms. The van der Waals surface area contributed by atoms with Crippen molar-refractivity contribution in [1.82, 2.24) is 0 Å². The quantitative estimate of drug-likeness (QED) is 0.347. The number of carboxylic acids is 1. The zero-order chi connectivity index (χ0) is 19.1. The van der Waals surface area contributed by atoms with E-state index < -0.39 is 5.97 Å². The third-order valence-electron chi connectivity index (χ3n) is 5.85. The molecule has 1 N–H and O–H groups in total. The van der Waals surface area contributed by atoms with E-state index in [0.29, 0.717) is 30.1 Å². The Labute approximate surface area is 161 Å². The molecule has 0 unspecified atom stereocenters. The molecule has 2 fully saturated rings. The fourth-order valence-corrected chi connectivity index (χ4v) is 4.30. The van der Waals surface area contributed by atoms with Gasteiger partial charge in [0.15, 0.2) is 0 Å². The SMILES string of the molecule is CCCCCCON=C[C@H]1[C@H](CCc2ccc(C(=O)O)cc2)[C@@H]2CC[C@H]1O2. The predicted octanol–water partition coefficient (Wildman–Crippen LogP) is 4.69. The van der Waals surface area contributed by atoms with Crippen LogP contribution < -0.4 is 0 Å². The van der Waals surface area contributed by atoms with E-state index >= 15 is 0 Å². The average molecular weight is 373 g/mol. The van der Waals surface area contributed by atoms with Gasteiger partial charge in [0.25, 0.3) is 0 Å². The highest BCUT2D eigenvalue weighted by Crippen LogP contribution is 2.44. The molecule has 4 atom stereocenters. The van der Waals surface area contributed by atoms with Gasteiger partial charge in [-0.2, -0.15) is 0 Å². The molecule has 1 aromatic rings. The van der Waals surface area contributed by atoms with Crippen molar-refractivity contribution in [3.05, 3.63) is 35.4 Å². The topological polar surface area (TPSA) is 68.1 Å². The highest BCUT2D eigenvalue weighted by atomic mass is 16.6. The van der Waals surface area contributed by atoms with Crippen LogP contribution in [0, 0.1) is 11.8 Å². The maximum Gasteiger partial charge on any atom is 0.335 e. The van der Waals surface area contributed by atoms with Crippen LogP contribution in [0.4, 0.5) is 0 Å². The summed E-state index contributed by atoms with van der Waals surface area (Å²) in [5.41, 5.74) is 1.51. The summed E-state index contributed by atoms with van der Waals surface area (Å²) in [6.45, 7) is 2.90. The summed E-state index contributed by atoms with van der Waals surface area (Å²) in [6.07, 6.45) is 11.5. The number of hydrogen-bond acceptors (Lipinski definition) is 4. The lowest BCUT2D eigenvalue weighted by atomic mass is 9.77. The third-order valence-corrected chi connectivity index (χ3v) is 5.85. The van der Waals surface area contributed by atoms with Gasteiger partial charge in [-0.25, -0.2) is 4.79 Å². The molecule has 5 heteroatoms. The number of hydrogen-bond donors (Lipinski definition) is 1. The van der Waals surface area contributed by atoms with Crippen molar-refractivity contribution in [1.29, 1.82) is 0 Å². The van der Waals surface area contributed by atoms with Gasteiger partial charge in [0.05, 0.1) is 17.8 Å². The number of benzene rings is 1. The number of carbonyl (C=O) groups is 1. The number of aromatic carboxylic acids is 1. The molecule has 2 aliphatic heterocycles. The Morgan fingerprint density at radius 2 is 2.00 bits per heavy atom. The Kier molecular flexibility index (Phi) is 7.27. The lowest BCUT2D eigenvalue weighted by molar-refractivity contribution is 0.0697. The number of unbranched alkanes of at least 4 members (excludes halogenated alkanes) is 3. The second kappa shape index (κ2) is 9.88. The molecule has 0 radical (unpaired) electrons. The Balaban J connectivity index is 1.48. The van der Waals surface area contributed by atoms with Crippen molar-refractivity contribution in [2.75, 3.05) is 6.61 Å². The second-order valence-electron chi connectivity index (χ2n) is 7.72. The zero-order valence-corrected chi connectivity index (χ0v) is 16.2. The van der Waals surface area contributed by atoms with E-state index in [1.54, 1.807) is 12.1 Å². The number of nitrogens with zero attached hydrogens (tertiary/aromatic N) is 1. The van der Waals surface area contributed by atoms with Crippen molar-refractivity contribution in [3.63, 3.8) is 0 Å². The summed E-state index contributed by atoms with van der Waals surface area (Å²) < 4.78 is 6.12. The molecule has 0 aromatic heterocycles. The van der Waals surface area contributed by atoms with E-state index in [1.165, 1.54) is 24.8 Å². The van der Waals surface area contributed by atoms with Crippen LogP contribution in [0.3, 0.4) is 0 Å². The second-order valence-corrected chi connectivity index (χ2v) is 7.72. The molecule has 0 spiro atoms. The van der Waals surface area contributed by atoms with Crippen LogP contribution in [0.1, 0.15) is 67.8 Å². The molecule has 0 amide bonds. The summed E-state index contributed by atoms with van der Waals surface area (Å²) in [6, 6.07) is 7.20. The molecule has 1 aromatic carbocycles. The van der Waals surface area contributed by atoms with Crippen molar-refractivity contribution >= 4 is 12.2 Å². The van der Waals surface area contributed by atoms with Gasteiger partial charge in [0.1, 0.15) is 6.61 Å². The number of oxime groups is 1. The fraction of sp³-hybridized carbons (Fsp3) is 0.636. The van der Waals surface area contributed by atoms with Crippen molar-refractivity contribution < 1.29 is 19.5 Å². The van der Waals surface area contributed by atoms with Crippen LogP contribution >= 0.6 is 0 Å². The molecule has 148 valence electrons. The van der Waals surface area contributed by atoms with Gasteiger partial charge in [-0.05, 0) is 62.1 Å². The fourth-order valence-electron chi connectivity index (χ4n) is 4.30. The normalized spacial score (nSPS) is 26.7. The van der Waals surface area contributed by atoms with Crippen LogP contribution in [0.5, 0.6) is 0 Å². The van der Waals surface area contributed by atoms with Crippen LogP contribution in [-0.4, -0.2) is 36.1 Å². The molecule has 2 saturated heterocycles. The van der Waals surface area contributed by atoms with E-state index in [0.717, 1.165) is 32.1 Å². The highest BCUT2D eigenvalue weighted by Gasteiger charge is 2.47. The van der Waals surface area contributed by atoms with Gasteiger partial charge in [0, 0.05) is 12.1 Å². The van der Waals surface area contributed by atoms with E-state index in [-0.39, 0.29) is 6.10 Å². The van der Waals surface area contributed by atoms with Gasteiger partial charge >= 0.3 is 5.97 Å². The maximum absolute atomic E-state index is 11.0. The van der Waals surface area contributed by atoms with Crippen molar-refractivity contribution in [2.24, 2.45) is 17.0 Å². The molecule has 5 nitrogen and oxygen atoms in total. The summed E-state index contributed by atoms with van der Waals surface area (Å²) in [5.74, 6) is -0.0814. The number of rotatable bonds is 11. The van der Waals surface area contributed by atoms with E-state index in [1.807, 2.05) is 18.3 Å². The van der Waals surface area contributed by atoms with Gasteiger partial charge in [0.2, 0.25) is 0 Å². The minimum absolute atomic E-state index is 0.279. The van der Waals surface area contributed by atoms with E-state index in [9.17, 15) is 4.79 Å². The molecule has 3 rings (SSSR count). The predicted molar refractivity (Wildman–Crippen MR) is 105 cm³/mol. The molecular formula is C22H31NO4. The molecular weight excluding hydrogens is 342 g/mol. The van der Waals surface area contributed by atoms with Crippen LogP contribution in [0.2, 0.25) is 0 Å². The summed E-state index contributed by atoms with van der Waals surface area (Å²) >= 11 is 0. The molecule has 27 heavy (non-hydrogen) atoms. The van der Waals surface area contributed by atoms with Crippen molar-refractivity contribution in [3.8, 4) is 0 Å². The number of fused-ring (bicyclic) bond motifs is 2.